The smallest absolute Gasteiger partial charge is 0.0824 e. The number of hydrogen-bond donors (Lipinski definition) is 2. The Morgan fingerprint density at radius 2 is 2.43 bits per heavy atom. The van der Waals surface area contributed by atoms with E-state index in [4.69, 9.17) is 4.74 Å². The molecule has 0 aromatic heterocycles. The standard InChI is InChI=1S/C11H24N2O/c1-3-4-5-10(2)13-9-11-8-12-6-7-14-11/h10-13H,3-9H2,1-2H3. The number of hydrogen-bond acceptors (Lipinski definition) is 3. The summed E-state index contributed by atoms with van der Waals surface area (Å²) in [5.74, 6) is 0. The first-order valence-corrected chi connectivity index (χ1v) is 5.88. The minimum Gasteiger partial charge on any atom is -0.374 e. The molecule has 1 saturated heterocycles. The quantitative estimate of drug-likeness (QED) is 0.674. The Morgan fingerprint density at radius 3 is 3.07 bits per heavy atom. The van der Waals surface area contributed by atoms with Crippen molar-refractivity contribution in [2.45, 2.75) is 45.3 Å². The van der Waals surface area contributed by atoms with Gasteiger partial charge in [0, 0.05) is 25.7 Å². The average molecular weight is 200 g/mol. The highest BCUT2D eigenvalue weighted by Crippen LogP contribution is 2.00. The second-order valence-electron chi connectivity index (χ2n) is 4.15. The lowest BCUT2D eigenvalue weighted by atomic mass is 10.1. The van der Waals surface area contributed by atoms with E-state index < -0.39 is 0 Å². The van der Waals surface area contributed by atoms with Crippen molar-refractivity contribution in [3.63, 3.8) is 0 Å². The van der Waals surface area contributed by atoms with Crippen LogP contribution in [0.25, 0.3) is 0 Å². The van der Waals surface area contributed by atoms with Gasteiger partial charge in [-0.25, -0.2) is 0 Å². The summed E-state index contributed by atoms with van der Waals surface area (Å²) in [6.45, 7) is 8.33. The highest BCUT2D eigenvalue weighted by atomic mass is 16.5. The van der Waals surface area contributed by atoms with Gasteiger partial charge >= 0.3 is 0 Å². The molecule has 0 radical (unpaired) electrons. The second kappa shape index (κ2) is 7.21. The second-order valence-corrected chi connectivity index (χ2v) is 4.15. The molecule has 0 amide bonds. The van der Waals surface area contributed by atoms with Gasteiger partial charge in [-0.3, -0.25) is 0 Å². The summed E-state index contributed by atoms with van der Waals surface area (Å²) in [6, 6.07) is 0.625. The van der Waals surface area contributed by atoms with E-state index in [0.717, 1.165) is 26.2 Å². The van der Waals surface area contributed by atoms with Crippen LogP contribution in [0, 0.1) is 0 Å². The number of unbranched alkanes of at least 4 members (excludes halogenated alkanes) is 1. The van der Waals surface area contributed by atoms with Crippen molar-refractivity contribution >= 4 is 0 Å². The molecule has 0 aromatic carbocycles. The zero-order valence-corrected chi connectivity index (χ0v) is 9.51. The predicted octanol–water partition coefficient (Wildman–Crippen LogP) is 1.14. The molecule has 3 nitrogen and oxygen atoms in total. The molecule has 2 unspecified atom stereocenters. The van der Waals surface area contributed by atoms with Gasteiger partial charge in [-0.1, -0.05) is 19.8 Å². The zero-order chi connectivity index (χ0) is 10.2. The molecule has 1 heterocycles. The number of rotatable bonds is 6. The Labute approximate surface area is 87.6 Å². The molecule has 0 saturated carbocycles. The first-order valence-electron chi connectivity index (χ1n) is 5.88. The maximum absolute atomic E-state index is 5.61. The van der Waals surface area contributed by atoms with Gasteiger partial charge in [0.05, 0.1) is 12.7 Å². The van der Waals surface area contributed by atoms with Crippen LogP contribution < -0.4 is 10.6 Å². The van der Waals surface area contributed by atoms with Crippen molar-refractivity contribution < 1.29 is 4.74 Å². The molecule has 0 aromatic rings. The topological polar surface area (TPSA) is 33.3 Å². The van der Waals surface area contributed by atoms with E-state index >= 15 is 0 Å². The molecule has 1 aliphatic rings. The van der Waals surface area contributed by atoms with Gasteiger partial charge in [0.15, 0.2) is 0 Å². The van der Waals surface area contributed by atoms with Crippen molar-refractivity contribution in [2.75, 3.05) is 26.2 Å². The maximum Gasteiger partial charge on any atom is 0.0824 e. The summed E-state index contributed by atoms with van der Waals surface area (Å²) in [6.07, 6.45) is 4.25. The van der Waals surface area contributed by atoms with Gasteiger partial charge in [-0.2, -0.15) is 0 Å². The number of ether oxygens (including phenoxy) is 1. The fourth-order valence-electron chi connectivity index (χ4n) is 1.70. The van der Waals surface area contributed by atoms with E-state index in [1.807, 2.05) is 0 Å². The molecule has 14 heavy (non-hydrogen) atoms. The molecule has 2 N–H and O–H groups in total. The lowest BCUT2D eigenvalue weighted by Crippen LogP contribution is -2.45. The molecule has 0 aliphatic carbocycles. The van der Waals surface area contributed by atoms with Crippen LogP contribution >= 0.6 is 0 Å². The normalized spacial score (nSPS) is 24.9. The fourth-order valence-corrected chi connectivity index (χ4v) is 1.70. The summed E-state index contributed by atoms with van der Waals surface area (Å²) in [4.78, 5) is 0. The van der Waals surface area contributed by atoms with Crippen molar-refractivity contribution in [2.24, 2.45) is 0 Å². The lowest BCUT2D eigenvalue weighted by Gasteiger charge is -2.25. The fraction of sp³-hybridized carbons (Fsp3) is 1.00. The van der Waals surface area contributed by atoms with Gasteiger partial charge in [0.1, 0.15) is 0 Å². The third-order valence-electron chi connectivity index (χ3n) is 2.69. The van der Waals surface area contributed by atoms with E-state index in [1.54, 1.807) is 0 Å². The van der Waals surface area contributed by atoms with E-state index in [-0.39, 0.29) is 0 Å². The molecule has 84 valence electrons. The van der Waals surface area contributed by atoms with Crippen LogP contribution in [0.5, 0.6) is 0 Å². The third-order valence-corrected chi connectivity index (χ3v) is 2.69. The van der Waals surface area contributed by atoms with Crippen LogP contribution in [0.3, 0.4) is 0 Å². The zero-order valence-electron chi connectivity index (χ0n) is 9.51. The van der Waals surface area contributed by atoms with Gasteiger partial charge < -0.3 is 15.4 Å². The summed E-state index contributed by atoms with van der Waals surface area (Å²) < 4.78 is 5.61. The number of morpholine rings is 1. The van der Waals surface area contributed by atoms with Gasteiger partial charge in [-0.05, 0) is 13.3 Å². The Hall–Kier alpha value is -0.120. The van der Waals surface area contributed by atoms with Crippen molar-refractivity contribution in [3.8, 4) is 0 Å². The molecular weight excluding hydrogens is 176 g/mol. The van der Waals surface area contributed by atoms with Crippen molar-refractivity contribution in [1.82, 2.24) is 10.6 Å². The van der Waals surface area contributed by atoms with Crippen LogP contribution in [0.4, 0.5) is 0 Å². The predicted molar refractivity (Wildman–Crippen MR) is 59.6 cm³/mol. The van der Waals surface area contributed by atoms with Crippen LogP contribution in [0.15, 0.2) is 0 Å². The van der Waals surface area contributed by atoms with Crippen molar-refractivity contribution in [1.29, 1.82) is 0 Å². The minimum absolute atomic E-state index is 0.368. The first kappa shape index (κ1) is 12.0. The Balaban J connectivity index is 2.00. The Bertz CT molecular complexity index is 135. The molecule has 0 spiro atoms. The van der Waals surface area contributed by atoms with Gasteiger partial charge in [0.25, 0.3) is 0 Å². The third kappa shape index (κ3) is 4.94. The first-order chi connectivity index (χ1) is 6.83. The Morgan fingerprint density at radius 1 is 1.57 bits per heavy atom. The van der Waals surface area contributed by atoms with E-state index in [9.17, 15) is 0 Å². The van der Waals surface area contributed by atoms with E-state index in [0.29, 0.717) is 12.1 Å². The molecule has 1 aliphatic heterocycles. The SMILES string of the molecule is CCCCC(C)NCC1CNCCO1. The van der Waals surface area contributed by atoms with Crippen LogP contribution in [-0.4, -0.2) is 38.4 Å². The van der Waals surface area contributed by atoms with Gasteiger partial charge in [0.2, 0.25) is 0 Å². The largest absolute Gasteiger partial charge is 0.374 e. The highest BCUT2D eigenvalue weighted by Gasteiger charge is 2.13. The van der Waals surface area contributed by atoms with E-state index in [2.05, 4.69) is 24.5 Å². The summed E-state index contributed by atoms with van der Waals surface area (Å²) in [7, 11) is 0. The molecule has 0 bridgehead atoms. The van der Waals surface area contributed by atoms with Crippen LogP contribution in [0.2, 0.25) is 0 Å². The lowest BCUT2D eigenvalue weighted by molar-refractivity contribution is 0.0277. The summed E-state index contributed by atoms with van der Waals surface area (Å²) in [5, 5.41) is 6.86. The van der Waals surface area contributed by atoms with Crippen LogP contribution in [0.1, 0.15) is 33.1 Å². The molecular formula is C11H24N2O. The Kier molecular flexibility index (Phi) is 6.15. The molecule has 1 rings (SSSR count). The van der Waals surface area contributed by atoms with Crippen LogP contribution in [-0.2, 0) is 4.74 Å². The monoisotopic (exact) mass is 200 g/mol. The highest BCUT2D eigenvalue weighted by molar-refractivity contribution is 4.71. The van der Waals surface area contributed by atoms with E-state index in [1.165, 1.54) is 19.3 Å². The maximum atomic E-state index is 5.61. The molecule has 2 atom stereocenters. The molecule has 1 fully saturated rings. The minimum atomic E-state index is 0.368. The molecule has 3 heteroatoms. The summed E-state index contributed by atoms with van der Waals surface area (Å²) in [5.41, 5.74) is 0. The summed E-state index contributed by atoms with van der Waals surface area (Å²) >= 11 is 0. The average Bonchev–Trinajstić information content (AvgIpc) is 2.25. The van der Waals surface area contributed by atoms with Gasteiger partial charge in [-0.15, -0.1) is 0 Å². The van der Waals surface area contributed by atoms with Crippen molar-refractivity contribution in [3.05, 3.63) is 0 Å². The number of nitrogens with one attached hydrogen (secondary N) is 2.